The Labute approximate surface area is 468 Å². The van der Waals surface area contributed by atoms with Gasteiger partial charge < -0.3 is 14.2 Å². The minimum atomic E-state index is -0.815. The highest BCUT2D eigenvalue weighted by Crippen LogP contribution is 2.15. The topological polar surface area (TPSA) is 78.9 Å². The Morgan fingerprint density at radius 3 is 0.895 bits per heavy atom. The van der Waals surface area contributed by atoms with Crippen LogP contribution in [0.1, 0.15) is 271 Å². The molecule has 0 N–H and O–H groups in total. The molecule has 1 atom stereocenters. The maximum atomic E-state index is 12.8. The molecule has 6 nitrogen and oxygen atoms in total. The van der Waals surface area contributed by atoms with Crippen molar-refractivity contribution in [3.05, 3.63) is 134 Å². The first-order chi connectivity index (χ1) is 37.5. The predicted octanol–water partition coefficient (Wildman–Crippen LogP) is 21.4. The Bertz CT molecular complexity index is 1630. The molecule has 76 heavy (non-hydrogen) atoms. The summed E-state index contributed by atoms with van der Waals surface area (Å²) < 4.78 is 16.8. The number of rotatable bonds is 55. The molecule has 0 amide bonds. The minimum Gasteiger partial charge on any atom is -0.462 e. The predicted molar refractivity (Wildman–Crippen MR) is 329 cm³/mol. The Balaban J connectivity index is 4.27. The quantitative estimate of drug-likeness (QED) is 0.0261. The first-order valence-electron chi connectivity index (χ1n) is 31.2. The van der Waals surface area contributed by atoms with Crippen molar-refractivity contribution in [1.82, 2.24) is 0 Å². The molecule has 0 aromatic heterocycles. The monoisotopic (exact) mass is 1050 g/mol. The third-order valence-electron chi connectivity index (χ3n) is 12.9. The second-order valence-electron chi connectivity index (χ2n) is 20.2. The van der Waals surface area contributed by atoms with E-state index in [1.54, 1.807) is 0 Å². The van der Waals surface area contributed by atoms with Gasteiger partial charge in [-0.05, 0) is 122 Å². The van der Waals surface area contributed by atoms with Gasteiger partial charge in [0, 0.05) is 19.3 Å². The van der Waals surface area contributed by atoms with Crippen LogP contribution in [-0.2, 0) is 28.6 Å². The highest BCUT2D eigenvalue weighted by atomic mass is 16.6. The zero-order valence-corrected chi connectivity index (χ0v) is 49.2. The van der Waals surface area contributed by atoms with E-state index in [1.165, 1.54) is 109 Å². The molecule has 0 aliphatic rings. The summed E-state index contributed by atoms with van der Waals surface area (Å²) in [6.07, 6.45) is 89.1. The maximum Gasteiger partial charge on any atom is 0.306 e. The van der Waals surface area contributed by atoms with E-state index in [0.29, 0.717) is 19.3 Å². The van der Waals surface area contributed by atoms with Crippen molar-refractivity contribution in [2.45, 2.75) is 277 Å². The van der Waals surface area contributed by atoms with Crippen LogP contribution in [0.25, 0.3) is 0 Å². The molecule has 0 saturated carbocycles. The Morgan fingerprint density at radius 2 is 0.539 bits per heavy atom. The molecular weight excluding hydrogens is 937 g/mol. The molecule has 0 heterocycles. The summed E-state index contributed by atoms with van der Waals surface area (Å²) in [6, 6.07) is 0. The third kappa shape index (κ3) is 60.4. The number of hydrogen-bond acceptors (Lipinski definition) is 6. The largest absolute Gasteiger partial charge is 0.462 e. The maximum absolute atomic E-state index is 12.8. The third-order valence-corrected chi connectivity index (χ3v) is 12.9. The van der Waals surface area contributed by atoms with Crippen LogP contribution in [-0.4, -0.2) is 37.2 Å². The summed E-state index contributed by atoms with van der Waals surface area (Å²) in [4.78, 5) is 38.1. The molecule has 0 aromatic rings. The van der Waals surface area contributed by atoms with E-state index in [2.05, 4.69) is 148 Å². The molecule has 1 unspecified atom stereocenters. The molecule has 0 aliphatic carbocycles. The summed E-state index contributed by atoms with van der Waals surface area (Å²) in [5, 5.41) is 0. The van der Waals surface area contributed by atoms with Gasteiger partial charge in [0.15, 0.2) is 6.10 Å². The summed E-state index contributed by atoms with van der Waals surface area (Å²) in [6.45, 7) is 6.33. The van der Waals surface area contributed by atoms with Crippen molar-refractivity contribution in [1.29, 1.82) is 0 Å². The summed E-state index contributed by atoms with van der Waals surface area (Å²) in [5.74, 6) is -1.00. The smallest absolute Gasteiger partial charge is 0.306 e. The van der Waals surface area contributed by atoms with Crippen LogP contribution >= 0.6 is 0 Å². The van der Waals surface area contributed by atoms with E-state index in [1.807, 2.05) is 6.08 Å². The number of esters is 3. The lowest BCUT2D eigenvalue weighted by atomic mass is 10.0. The first-order valence-corrected chi connectivity index (χ1v) is 31.2. The van der Waals surface area contributed by atoms with E-state index in [0.717, 1.165) is 116 Å². The van der Waals surface area contributed by atoms with Crippen LogP contribution in [0.3, 0.4) is 0 Å². The number of carbonyl (C=O) groups excluding carboxylic acids is 3. The number of hydrogen-bond donors (Lipinski definition) is 0. The number of carbonyl (C=O) groups is 3. The minimum absolute atomic E-state index is 0.107. The Kier molecular flexibility index (Phi) is 59.4. The average molecular weight is 1050 g/mol. The molecule has 0 saturated heterocycles. The Hall–Kier alpha value is -4.45. The number of unbranched alkanes of at least 4 members (excludes halogenated alkanes) is 22. The Morgan fingerprint density at radius 1 is 0.276 bits per heavy atom. The van der Waals surface area contributed by atoms with E-state index in [4.69, 9.17) is 14.2 Å². The van der Waals surface area contributed by atoms with Crippen molar-refractivity contribution in [2.75, 3.05) is 13.2 Å². The van der Waals surface area contributed by atoms with Gasteiger partial charge in [0.2, 0.25) is 0 Å². The first kappa shape index (κ1) is 71.5. The zero-order valence-electron chi connectivity index (χ0n) is 49.2. The lowest BCUT2D eigenvalue weighted by Crippen LogP contribution is -2.30. The second kappa shape index (κ2) is 63.1. The highest BCUT2D eigenvalue weighted by Gasteiger charge is 2.19. The van der Waals surface area contributed by atoms with Crippen LogP contribution in [0, 0.1) is 0 Å². The summed E-state index contributed by atoms with van der Waals surface area (Å²) >= 11 is 0. The van der Waals surface area contributed by atoms with E-state index in [-0.39, 0.29) is 37.5 Å². The lowest BCUT2D eigenvalue weighted by Gasteiger charge is -2.18. The zero-order chi connectivity index (χ0) is 55.0. The van der Waals surface area contributed by atoms with Gasteiger partial charge in [0.05, 0.1) is 0 Å². The van der Waals surface area contributed by atoms with Gasteiger partial charge in [0.1, 0.15) is 13.2 Å². The van der Waals surface area contributed by atoms with Gasteiger partial charge in [-0.25, -0.2) is 0 Å². The van der Waals surface area contributed by atoms with Gasteiger partial charge >= 0.3 is 17.9 Å². The van der Waals surface area contributed by atoms with Crippen molar-refractivity contribution < 1.29 is 28.6 Å². The SMILES string of the molecule is CC/C=C\C/C=C\C/C=C\C/C=C\C/C=C\C/C=C\CCCCCCCCCCCCCCC(=O)OCC(COC(=O)CC/C=C\C/C=C\C/C=C\C/C=C\CC)OC(=O)CCCCCCC/C=C\CCCCCCC. The molecule has 0 radical (unpaired) electrons. The summed E-state index contributed by atoms with van der Waals surface area (Å²) in [5.41, 5.74) is 0. The molecule has 0 spiro atoms. The van der Waals surface area contributed by atoms with E-state index in [9.17, 15) is 14.4 Å². The molecule has 0 aromatic carbocycles. The van der Waals surface area contributed by atoms with Crippen molar-refractivity contribution in [3.8, 4) is 0 Å². The van der Waals surface area contributed by atoms with E-state index < -0.39 is 6.10 Å². The molecule has 430 valence electrons. The average Bonchev–Trinajstić information content (AvgIpc) is 3.42. The van der Waals surface area contributed by atoms with Crippen LogP contribution in [0.2, 0.25) is 0 Å². The number of ether oxygens (including phenoxy) is 3. The molecule has 6 heteroatoms. The van der Waals surface area contributed by atoms with Gasteiger partial charge in [-0.1, -0.05) is 264 Å². The molecule has 0 bridgehead atoms. The highest BCUT2D eigenvalue weighted by molar-refractivity contribution is 5.71. The lowest BCUT2D eigenvalue weighted by molar-refractivity contribution is -0.166. The fourth-order valence-corrected chi connectivity index (χ4v) is 8.28. The molecule has 0 rings (SSSR count). The van der Waals surface area contributed by atoms with Crippen LogP contribution in [0.4, 0.5) is 0 Å². The fourth-order valence-electron chi connectivity index (χ4n) is 8.28. The van der Waals surface area contributed by atoms with Gasteiger partial charge in [-0.2, -0.15) is 0 Å². The second-order valence-corrected chi connectivity index (χ2v) is 20.2. The molecular formula is C70H114O6. The van der Waals surface area contributed by atoms with Crippen LogP contribution in [0.15, 0.2) is 134 Å². The van der Waals surface area contributed by atoms with Crippen molar-refractivity contribution in [2.24, 2.45) is 0 Å². The van der Waals surface area contributed by atoms with Crippen LogP contribution < -0.4 is 0 Å². The van der Waals surface area contributed by atoms with Gasteiger partial charge in [-0.3, -0.25) is 14.4 Å². The molecule has 0 aliphatic heterocycles. The van der Waals surface area contributed by atoms with Crippen molar-refractivity contribution >= 4 is 17.9 Å². The van der Waals surface area contributed by atoms with Gasteiger partial charge in [0.25, 0.3) is 0 Å². The number of allylic oxidation sites excluding steroid dienone is 22. The molecule has 0 fully saturated rings. The van der Waals surface area contributed by atoms with Crippen LogP contribution in [0.5, 0.6) is 0 Å². The normalized spacial score (nSPS) is 13.0. The van der Waals surface area contributed by atoms with Crippen molar-refractivity contribution in [3.63, 3.8) is 0 Å². The summed E-state index contributed by atoms with van der Waals surface area (Å²) in [7, 11) is 0. The van der Waals surface area contributed by atoms with Gasteiger partial charge in [-0.15, -0.1) is 0 Å². The standard InChI is InChI=1S/C70H114O6/c1-4-7-10-13-16-19-22-25-27-28-29-30-31-32-33-34-35-36-37-38-39-40-41-42-43-46-48-51-54-57-60-63-69(72)75-66-67(65-74-68(71)62-59-56-53-50-47-44-24-21-18-15-12-9-6-3)76-70(73)64-61-58-55-52-49-45-26-23-20-17-14-11-8-5-2/h7,9-10,12,16,18-19,21,23,25-27,29-30,32-33,35-36,44,47,53,56,67H,4-6,8,11,13-15,17,20,22,24,28,31,34,37-43,45-46,48-52,54-55,57-66H2,1-3H3/b10-7-,12-9-,19-16-,21-18-,26-23-,27-25-,30-29-,33-32-,36-35-,47-44-,56-53-. The van der Waals surface area contributed by atoms with E-state index >= 15 is 0 Å². The fraction of sp³-hybridized carbons (Fsp3) is 0.643.